The summed E-state index contributed by atoms with van der Waals surface area (Å²) in [5, 5.41) is 0.706. The SMILES string of the molecule is COc1ccc(Cc2ccc(N)nc2)cc1-c1cccc(Cl)c1. The van der Waals surface area contributed by atoms with Crippen molar-refractivity contribution in [2.75, 3.05) is 12.8 Å². The monoisotopic (exact) mass is 324 g/mol. The fourth-order valence-corrected chi connectivity index (χ4v) is 2.71. The van der Waals surface area contributed by atoms with Crippen molar-refractivity contribution in [3.63, 3.8) is 0 Å². The molecule has 0 fully saturated rings. The topological polar surface area (TPSA) is 48.1 Å². The maximum atomic E-state index is 6.11. The number of nitrogen functional groups attached to an aromatic ring is 1. The van der Waals surface area contributed by atoms with Crippen LogP contribution in [0.15, 0.2) is 60.8 Å². The third kappa shape index (κ3) is 3.63. The lowest BCUT2D eigenvalue weighted by Crippen LogP contribution is -1.95. The highest BCUT2D eigenvalue weighted by Crippen LogP contribution is 2.32. The van der Waals surface area contributed by atoms with Gasteiger partial charge in [-0.2, -0.15) is 0 Å². The number of anilines is 1. The molecule has 0 aliphatic heterocycles. The fourth-order valence-electron chi connectivity index (χ4n) is 2.52. The minimum absolute atomic E-state index is 0.531. The summed E-state index contributed by atoms with van der Waals surface area (Å²) in [4.78, 5) is 4.14. The molecule has 0 amide bonds. The van der Waals surface area contributed by atoms with Gasteiger partial charge in [-0.3, -0.25) is 0 Å². The lowest BCUT2D eigenvalue weighted by Gasteiger charge is -2.12. The molecule has 0 aliphatic carbocycles. The molecule has 0 saturated heterocycles. The molecule has 1 aromatic heterocycles. The molecule has 0 unspecified atom stereocenters. The number of methoxy groups -OCH3 is 1. The van der Waals surface area contributed by atoms with Gasteiger partial charge in [0.15, 0.2) is 0 Å². The van der Waals surface area contributed by atoms with Gasteiger partial charge in [-0.1, -0.05) is 35.9 Å². The number of nitrogens with zero attached hydrogens (tertiary/aromatic N) is 1. The van der Waals surface area contributed by atoms with Crippen LogP contribution in [0, 0.1) is 0 Å². The number of aromatic nitrogens is 1. The van der Waals surface area contributed by atoms with E-state index in [9.17, 15) is 0 Å². The van der Waals surface area contributed by atoms with Gasteiger partial charge < -0.3 is 10.5 Å². The molecule has 3 aromatic rings. The predicted octanol–water partition coefficient (Wildman–Crippen LogP) is 4.58. The minimum Gasteiger partial charge on any atom is -0.496 e. The molecule has 3 rings (SSSR count). The van der Waals surface area contributed by atoms with Crippen LogP contribution in [0.2, 0.25) is 5.02 Å². The van der Waals surface area contributed by atoms with E-state index in [4.69, 9.17) is 22.1 Å². The lowest BCUT2D eigenvalue weighted by molar-refractivity contribution is 0.416. The van der Waals surface area contributed by atoms with Crippen molar-refractivity contribution in [1.29, 1.82) is 0 Å². The summed E-state index contributed by atoms with van der Waals surface area (Å²) in [6.07, 6.45) is 2.59. The van der Waals surface area contributed by atoms with Crippen LogP contribution in [0.25, 0.3) is 11.1 Å². The molecule has 116 valence electrons. The van der Waals surface area contributed by atoms with Crippen LogP contribution in [0.3, 0.4) is 0 Å². The van der Waals surface area contributed by atoms with E-state index in [1.165, 1.54) is 5.56 Å². The highest BCUT2D eigenvalue weighted by atomic mass is 35.5. The second-order valence-electron chi connectivity index (χ2n) is 5.31. The first kappa shape index (κ1) is 15.4. The molecule has 1 heterocycles. The maximum Gasteiger partial charge on any atom is 0.126 e. The third-order valence-corrected chi connectivity index (χ3v) is 3.89. The molecule has 0 aliphatic rings. The Morgan fingerprint density at radius 2 is 1.87 bits per heavy atom. The van der Waals surface area contributed by atoms with Gasteiger partial charge >= 0.3 is 0 Å². The van der Waals surface area contributed by atoms with Crippen molar-refractivity contribution < 1.29 is 4.74 Å². The first-order chi connectivity index (χ1) is 11.2. The summed E-state index contributed by atoms with van der Waals surface area (Å²) in [5.41, 5.74) is 9.98. The highest BCUT2D eigenvalue weighted by Gasteiger charge is 2.08. The van der Waals surface area contributed by atoms with Crippen LogP contribution < -0.4 is 10.5 Å². The minimum atomic E-state index is 0.531. The third-order valence-electron chi connectivity index (χ3n) is 3.66. The van der Waals surface area contributed by atoms with Crippen molar-refractivity contribution >= 4 is 17.4 Å². The number of benzene rings is 2. The van der Waals surface area contributed by atoms with E-state index in [0.29, 0.717) is 10.8 Å². The van der Waals surface area contributed by atoms with E-state index in [0.717, 1.165) is 28.9 Å². The van der Waals surface area contributed by atoms with E-state index >= 15 is 0 Å². The Kier molecular flexibility index (Phi) is 4.49. The molecule has 0 atom stereocenters. The second-order valence-corrected chi connectivity index (χ2v) is 5.75. The predicted molar refractivity (Wildman–Crippen MR) is 94.9 cm³/mol. The second kappa shape index (κ2) is 6.71. The molecule has 4 heteroatoms. The van der Waals surface area contributed by atoms with Crippen LogP contribution in [0.5, 0.6) is 5.75 Å². The molecule has 0 bridgehead atoms. The van der Waals surface area contributed by atoms with Gasteiger partial charge in [0, 0.05) is 16.8 Å². The summed E-state index contributed by atoms with van der Waals surface area (Å²) >= 11 is 6.11. The zero-order chi connectivity index (χ0) is 16.2. The summed E-state index contributed by atoms with van der Waals surface area (Å²) < 4.78 is 5.49. The van der Waals surface area contributed by atoms with Crippen LogP contribution >= 0.6 is 11.6 Å². The molecule has 0 spiro atoms. The molecular formula is C19H17ClN2O. The largest absolute Gasteiger partial charge is 0.496 e. The fraction of sp³-hybridized carbons (Fsp3) is 0.105. The number of pyridine rings is 1. The molecule has 3 nitrogen and oxygen atoms in total. The zero-order valence-electron chi connectivity index (χ0n) is 12.8. The Bertz CT molecular complexity index is 816. The Morgan fingerprint density at radius 1 is 1.04 bits per heavy atom. The molecule has 2 aromatic carbocycles. The number of hydrogen-bond donors (Lipinski definition) is 1. The van der Waals surface area contributed by atoms with E-state index in [-0.39, 0.29) is 0 Å². The van der Waals surface area contributed by atoms with Gasteiger partial charge in [0.2, 0.25) is 0 Å². The molecule has 23 heavy (non-hydrogen) atoms. The number of halogens is 1. The molecule has 0 saturated carbocycles. The Hall–Kier alpha value is -2.52. The van der Waals surface area contributed by atoms with Gasteiger partial charge in [-0.05, 0) is 53.4 Å². The number of ether oxygens (including phenoxy) is 1. The van der Waals surface area contributed by atoms with Crippen molar-refractivity contribution in [1.82, 2.24) is 4.98 Å². The number of hydrogen-bond acceptors (Lipinski definition) is 3. The van der Waals surface area contributed by atoms with Crippen LogP contribution in [0.1, 0.15) is 11.1 Å². The summed E-state index contributed by atoms with van der Waals surface area (Å²) in [6.45, 7) is 0. The average molecular weight is 325 g/mol. The quantitative estimate of drug-likeness (QED) is 0.764. The van der Waals surface area contributed by atoms with E-state index in [1.54, 1.807) is 13.3 Å². The molecule has 0 radical (unpaired) electrons. The van der Waals surface area contributed by atoms with E-state index < -0.39 is 0 Å². The van der Waals surface area contributed by atoms with Crippen LogP contribution in [-0.4, -0.2) is 12.1 Å². The Balaban J connectivity index is 1.97. The smallest absolute Gasteiger partial charge is 0.126 e. The van der Waals surface area contributed by atoms with E-state index in [2.05, 4.69) is 17.1 Å². The number of rotatable bonds is 4. The zero-order valence-corrected chi connectivity index (χ0v) is 13.5. The maximum absolute atomic E-state index is 6.11. The first-order valence-corrected chi connectivity index (χ1v) is 7.67. The van der Waals surface area contributed by atoms with Crippen molar-refractivity contribution in [3.8, 4) is 16.9 Å². The Morgan fingerprint density at radius 3 is 2.57 bits per heavy atom. The van der Waals surface area contributed by atoms with E-state index in [1.807, 2.05) is 42.5 Å². The van der Waals surface area contributed by atoms with Gasteiger partial charge in [0.25, 0.3) is 0 Å². The van der Waals surface area contributed by atoms with Crippen LogP contribution in [-0.2, 0) is 6.42 Å². The molecule has 2 N–H and O–H groups in total. The average Bonchev–Trinajstić information content (AvgIpc) is 2.57. The summed E-state index contributed by atoms with van der Waals surface area (Å²) in [6, 6.07) is 17.7. The van der Waals surface area contributed by atoms with Crippen molar-refractivity contribution in [3.05, 3.63) is 76.9 Å². The van der Waals surface area contributed by atoms with Crippen molar-refractivity contribution in [2.24, 2.45) is 0 Å². The highest BCUT2D eigenvalue weighted by molar-refractivity contribution is 6.30. The first-order valence-electron chi connectivity index (χ1n) is 7.29. The van der Waals surface area contributed by atoms with Crippen LogP contribution in [0.4, 0.5) is 5.82 Å². The van der Waals surface area contributed by atoms with Crippen molar-refractivity contribution in [2.45, 2.75) is 6.42 Å². The standard InChI is InChI=1S/C19H17ClN2O/c1-23-18-7-5-13(9-14-6-8-19(21)22-12-14)10-17(18)15-3-2-4-16(20)11-15/h2-8,10-12H,9H2,1H3,(H2,21,22). The van der Waals surface area contributed by atoms with Gasteiger partial charge in [-0.25, -0.2) is 4.98 Å². The summed E-state index contributed by atoms with van der Waals surface area (Å²) in [7, 11) is 1.67. The molecular weight excluding hydrogens is 308 g/mol. The van der Waals surface area contributed by atoms with Gasteiger partial charge in [0.1, 0.15) is 11.6 Å². The summed E-state index contributed by atoms with van der Waals surface area (Å²) in [5.74, 6) is 1.36. The Labute approximate surface area is 140 Å². The number of nitrogens with two attached hydrogens (primary N) is 1. The normalized spacial score (nSPS) is 10.5. The van der Waals surface area contributed by atoms with Gasteiger partial charge in [0.05, 0.1) is 7.11 Å². The van der Waals surface area contributed by atoms with Gasteiger partial charge in [-0.15, -0.1) is 0 Å². The lowest BCUT2D eigenvalue weighted by atomic mass is 9.99.